The minimum atomic E-state index is -0.179. The van der Waals surface area contributed by atoms with Crippen LogP contribution in [0.2, 0.25) is 0 Å². The zero-order chi connectivity index (χ0) is 13.9. The van der Waals surface area contributed by atoms with Gasteiger partial charge in [0.1, 0.15) is 0 Å². The van der Waals surface area contributed by atoms with Gasteiger partial charge in [-0.2, -0.15) is 0 Å². The van der Waals surface area contributed by atoms with Gasteiger partial charge in [-0.05, 0) is 24.0 Å². The number of rotatable bonds is 3. The monoisotopic (exact) mass is 273 g/mol. The van der Waals surface area contributed by atoms with Crippen LogP contribution >= 0.6 is 0 Å². The first-order valence-electron chi connectivity index (χ1n) is 7.09. The van der Waals surface area contributed by atoms with Crippen molar-refractivity contribution in [2.24, 2.45) is 0 Å². The highest BCUT2D eigenvalue weighted by atomic mass is 16.2. The third-order valence-corrected chi connectivity index (χ3v) is 4.01. The molecule has 1 unspecified atom stereocenters. The molecule has 5 heteroatoms. The van der Waals surface area contributed by atoms with E-state index in [1.807, 2.05) is 12.1 Å². The molecule has 1 aromatic carbocycles. The molecular formula is C15H19N3O2. The van der Waals surface area contributed by atoms with Crippen molar-refractivity contribution in [2.45, 2.75) is 37.9 Å². The molecule has 1 saturated heterocycles. The predicted octanol–water partition coefficient (Wildman–Crippen LogP) is 0.0957. The largest absolute Gasteiger partial charge is 0.353 e. The molecule has 0 radical (unpaired) electrons. The van der Waals surface area contributed by atoms with E-state index in [-0.39, 0.29) is 23.9 Å². The lowest BCUT2D eigenvalue weighted by Crippen LogP contribution is -2.50. The normalized spacial score (nSPS) is 24.9. The molecule has 2 aliphatic heterocycles. The molecule has 1 aromatic rings. The Morgan fingerprint density at radius 2 is 2.10 bits per heavy atom. The average molecular weight is 273 g/mol. The molecule has 106 valence electrons. The van der Waals surface area contributed by atoms with Crippen LogP contribution < -0.4 is 16.0 Å². The molecule has 1 fully saturated rings. The SMILES string of the molecule is O=C1CCC(CNC(=O)[C@H]2Cc3ccccc3CN2)N1. The lowest BCUT2D eigenvalue weighted by molar-refractivity contribution is -0.124. The molecule has 0 spiro atoms. The van der Waals surface area contributed by atoms with Crippen molar-refractivity contribution in [3.8, 4) is 0 Å². The summed E-state index contributed by atoms with van der Waals surface area (Å²) in [6, 6.07) is 8.10. The van der Waals surface area contributed by atoms with E-state index in [2.05, 4.69) is 28.1 Å². The summed E-state index contributed by atoms with van der Waals surface area (Å²) >= 11 is 0. The highest BCUT2D eigenvalue weighted by Crippen LogP contribution is 2.16. The second-order valence-electron chi connectivity index (χ2n) is 5.45. The third kappa shape index (κ3) is 2.82. The van der Waals surface area contributed by atoms with Gasteiger partial charge in [0.2, 0.25) is 11.8 Å². The van der Waals surface area contributed by atoms with Crippen LogP contribution in [-0.4, -0.2) is 30.4 Å². The lowest BCUT2D eigenvalue weighted by atomic mass is 9.95. The summed E-state index contributed by atoms with van der Waals surface area (Å²) in [4.78, 5) is 23.3. The van der Waals surface area contributed by atoms with Crippen LogP contribution in [0, 0.1) is 0 Å². The molecule has 0 aromatic heterocycles. The van der Waals surface area contributed by atoms with Gasteiger partial charge in [-0.25, -0.2) is 0 Å². The molecule has 0 aliphatic carbocycles. The first-order chi connectivity index (χ1) is 9.72. The fourth-order valence-corrected chi connectivity index (χ4v) is 2.82. The van der Waals surface area contributed by atoms with Gasteiger partial charge >= 0.3 is 0 Å². The van der Waals surface area contributed by atoms with Crippen LogP contribution in [0.1, 0.15) is 24.0 Å². The topological polar surface area (TPSA) is 70.2 Å². The molecule has 3 rings (SSSR count). The standard InChI is InChI=1S/C15H19N3O2/c19-14-6-5-12(18-14)9-17-15(20)13-7-10-3-1-2-4-11(10)8-16-13/h1-4,12-13,16H,5-9H2,(H,17,20)(H,18,19)/t12?,13-/m1/s1. The van der Waals surface area contributed by atoms with Crippen LogP contribution in [0.5, 0.6) is 0 Å². The zero-order valence-electron chi connectivity index (χ0n) is 11.3. The van der Waals surface area contributed by atoms with Gasteiger partial charge in [0.15, 0.2) is 0 Å². The van der Waals surface area contributed by atoms with Gasteiger partial charge in [-0.1, -0.05) is 24.3 Å². The third-order valence-electron chi connectivity index (χ3n) is 4.01. The molecule has 2 amide bonds. The van der Waals surface area contributed by atoms with E-state index >= 15 is 0 Å². The Morgan fingerprint density at radius 3 is 2.85 bits per heavy atom. The van der Waals surface area contributed by atoms with Gasteiger partial charge in [-0.15, -0.1) is 0 Å². The number of carbonyl (C=O) groups is 2. The van der Waals surface area contributed by atoms with E-state index in [9.17, 15) is 9.59 Å². The second kappa shape index (κ2) is 5.63. The smallest absolute Gasteiger partial charge is 0.237 e. The zero-order valence-corrected chi connectivity index (χ0v) is 11.3. The van der Waals surface area contributed by atoms with Crippen molar-refractivity contribution < 1.29 is 9.59 Å². The van der Waals surface area contributed by atoms with Gasteiger partial charge in [0.25, 0.3) is 0 Å². The van der Waals surface area contributed by atoms with Crippen LogP contribution in [0.25, 0.3) is 0 Å². The van der Waals surface area contributed by atoms with Crippen molar-refractivity contribution in [1.82, 2.24) is 16.0 Å². The fraction of sp³-hybridized carbons (Fsp3) is 0.467. The number of nitrogens with one attached hydrogen (secondary N) is 3. The minimum Gasteiger partial charge on any atom is -0.353 e. The highest BCUT2D eigenvalue weighted by Gasteiger charge is 2.26. The molecule has 2 atom stereocenters. The predicted molar refractivity (Wildman–Crippen MR) is 74.9 cm³/mol. The van der Waals surface area contributed by atoms with Gasteiger partial charge < -0.3 is 16.0 Å². The number of amides is 2. The first-order valence-corrected chi connectivity index (χ1v) is 7.09. The Morgan fingerprint density at radius 1 is 1.30 bits per heavy atom. The molecule has 3 N–H and O–H groups in total. The summed E-state index contributed by atoms with van der Waals surface area (Å²) in [5.74, 6) is 0.0922. The summed E-state index contributed by atoms with van der Waals surface area (Å²) in [5, 5.41) is 9.04. The van der Waals surface area contributed by atoms with E-state index in [0.29, 0.717) is 13.0 Å². The van der Waals surface area contributed by atoms with Gasteiger partial charge in [-0.3, -0.25) is 9.59 Å². The minimum absolute atomic E-state index is 0.0145. The van der Waals surface area contributed by atoms with Crippen LogP contribution in [-0.2, 0) is 22.6 Å². The fourth-order valence-electron chi connectivity index (χ4n) is 2.82. The molecule has 2 heterocycles. The highest BCUT2D eigenvalue weighted by molar-refractivity contribution is 5.83. The van der Waals surface area contributed by atoms with Gasteiger partial charge in [0.05, 0.1) is 6.04 Å². The van der Waals surface area contributed by atoms with E-state index in [4.69, 9.17) is 0 Å². The van der Waals surface area contributed by atoms with E-state index in [0.717, 1.165) is 19.4 Å². The number of benzene rings is 1. The molecule has 5 nitrogen and oxygen atoms in total. The maximum atomic E-state index is 12.2. The molecular weight excluding hydrogens is 254 g/mol. The van der Waals surface area contributed by atoms with Crippen molar-refractivity contribution in [2.75, 3.05) is 6.54 Å². The Kier molecular flexibility index (Phi) is 3.69. The van der Waals surface area contributed by atoms with Crippen LogP contribution in [0.4, 0.5) is 0 Å². The Labute approximate surface area is 118 Å². The maximum Gasteiger partial charge on any atom is 0.237 e. The Hall–Kier alpha value is -1.88. The molecule has 0 saturated carbocycles. The van der Waals surface area contributed by atoms with Gasteiger partial charge in [0, 0.05) is 25.6 Å². The summed E-state index contributed by atoms with van der Waals surface area (Å²) in [6.07, 6.45) is 2.09. The van der Waals surface area contributed by atoms with Crippen molar-refractivity contribution in [1.29, 1.82) is 0 Å². The summed E-state index contributed by atoms with van der Waals surface area (Å²) in [6.45, 7) is 1.25. The molecule has 0 bridgehead atoms. The van der Waals surface area contributed by atoms with Crippen molar-refractivity contribution in [3.63, 3.8) is 0 Å². The molecule has 20 heavy (non-hydrogen) atoms. The number of fused-ring (bicyclic) bond motifs is 1. The summed E-state index contributed by atoms with van der Waals surface area (Å²) < 4.78 is 0. The molecule has 2 aliphatic rings. The van der Waals surface area contributed by atoms with E-state index in [1.54, 1.807) is 0 Å². The van der Waals surface area contributed by atoms with Crippen LogP contribution in [0.3, 0.4) is 0 Å². The quantitative estimate of drug-likeness (QED) is 0.731. The average Bonchev–Trinajstić information content (AvgIpc) is 2.90. The van der Waals surface area contributed by atoms with Crippen molar-refractivity contribution in [3.05, 3.63) is 35.4 Å². The maximum absolute atomic E-state index is 12.2. The van der Waals surface area contributed by atoms with E-state index < -0.39 is 0 Å². The Bertz CT molecular complexity index is 530. The summed E-state index contributed by atoms with van der Waals surface area (Å²) in [7, 11) is 0. The number of hydrogen-bond donors (Lipinski definition) is 3. The van der Waals surface area contributed by atoms with E-state index in [1.165, 1.54) is 11.1 Å². The summed E-state index contributed by atoms with van der Waals surface area (Å²) in [5.41, 5.74) is 2.50. The number of hydrogen-bond acceptors (Lipinski definition) is 3. The lowest BCUT2D eigenvalue weighted by Gasteiger charge is -2.25. The number of carbonyl (C=O) groups excluding carboxylic acids is 2. The second-order valence-corrected chi connectivity index (χ2v) is 5.45. The van der Waals surface area contributed by atoms with Crippen LogP contribution in [0.15, 0.2) is 24.3 Å². The first kappa shape index (κ1) is 13.1. The Balaban J connectivity index is 1.52. The van der Waals surface area contributed by atoms with Crippen molar-refractivity contribution >= 4 is 11.8 Å².